The average Bonchev–Trinajstić information content (AvgIpc) is 2.17. The molecule has 0 saturated heterocycles. The Balaban J connectivity index is 2.74. The molecule has 3 nitrogen and oxygen atoms in total. The fourth-order valence-corrected chi connectivity index (χ4v) is 0.977. The number of pyridine rings is 1. The normalized spacial score (nSPS) is 11.8. The molecule has 0 aliphatic carbocycles. The molecule has 13 heavy (non-hydrogen) atoms. The fourth-order valence-electron chi connectivity index (χ4n) is 0.813. The molecular formula is C9H9ClN2O. The molecule has 0 radical (unpaired) electrons. The molecule has 0 N–H and O–H groups in total. The molecule has 1 atom stereocenters. The monoisotopic (exact) mass is 196 g/mol. The summed E-state index contributed by atoms with van der Waals surface area (Å²) in [5, 5.41) is 8.93. The number of hydrogen-bond acceptors (Lipinski definition) is 3. The zero-order chi connectivity index (χ0) is 9.68. The molecule has 1 aromatic heterocycles. The highest BCUT2D eigenvalue weighted by Crippen LogP contribution is 2.21. The number of ether oxygens (including phenoxy) is 1. The van der Waals surface area contributed by atoms with Crippen molar-refractivity contribution >= 4 is 11.6 Å². The summed E-state index contributed by atoms with van der Waals surface area (Å²) < 4.78 is 5.29. The van der Waals surface area contributed by atoms with Gasteiger partial charge in [0.1, 0.15) is 6.07 Å². The minimum atomic E-state index is -0.457. The van der Waals surface area contributed by atoms with Crippen molar-refractivity contribution in [3.8, 4) is 11.8 Å². The van der Waals surface area contributed by atoms with Crippen molar-refractivity contribution < 1.29 is 4.74 Å². The molecule has 1 aromatic rings. The number of nitrogens with zero attached hydrogens (tertiary/aromatic N) is 2. The molecule has 4 heteroatoms. The van der Waals surface area contributed by atoms with Crippen LogP contribution in [0.4, 0.5) is 0 Å². The zero-order valence-electron chi connectivity index (χ0n) is 7.20. The van der Waals surface area contributed by atoms with Gasteiger partial charge in [0.05, 0.1) is 0 Å². The summed E-state index contributed by atoms with van der Waals surface area (Å²) in [7, 11) is 0. The third-order valence-electron chi connectivity index (χ3n) is 1.51. The van der Waals surface area contributed by atoms with Crippen LogP contribution in [0.15, 0.2) is 18.3 Å². The van der Waals surface area contributed by atoms with E-state index in [4.69, 9.17) is 21.6 Å². The van der Waals surface area contributed by atoms with E-state index in [0.29, 0.717) is 12.2 Å². The first-order valence-electron chi connectivity index (χ1n) is 3.94. The van der Waals surface area contributed by atoms with E-state index in [-0.39, 0.29) is 5.15 Å². The van der Waals surface area contributed by atoms with Gasteiger partial charge in [0, 0.05) is 6.20 Å². The Kier molecular flexibility index (Phi) is 3.53. The maximum Gasteiger partial charge on any atom is 0.184 e. The lowest BCUT2D eigenvalue weighted by Crippen LogP contribution is -2.12. The van der Waals surface area contributed by atoms with Gasteiger partial charge in [0.15, 0.2) is 17.0 Å². The van der Waals surface area contributed by atoms with Gasteiger partial charge in [-0.3, -0.25) is 0 Å². The van der Waals surface area contributed by atoms with Crippen molar-refractivity contribution in [2.45, 2.75) is 19.4 Å². The van der Waals surface area contributed by atoms with Crippen LogP contribution in [0.1, 0.15) is 13.3 Å². The summed E-state index contributed by atoms with van der Waals surface area (Å²) in [6, 6.07) is 5.42. The van der Waals surface area contributed by atoms with Crippen molar-refractivity contribution in [1.82, 2.24) is 4.98 Å². The number of halogens is 1. The van der Waals surface area contributed by atoms with Crippen LogP contribution in [0, 0.1) is 11.3 Å². The predicted molar refractivity (Wildman–Crippen MR) is 49.6 cm³/mol. The summed E-state index contributed by atoms with van der Waals surface area (Å²) >= 11 is 5.74. The van der Waals surface area contributed by atoms with Gasteiger partial charge in [-0.2, -0.15) is 5.26 Å². The molecule has 1 unspecified atom stereocenters. The molecule has 0 spiro atoms. The highest BCUT2D eigenvalue weighted by molar-refractivity contribution is 6.30. The predicted octanol–water partition coefficient (Wildman–Crippen LogP) is 2.42. The fraction of sp³-hybridized carbons (Fsp3) is 0.333. The maximum atomic E-state index is 8.64. The average molecular weight is 197 g/mol. The van der Waals surface area contributed by atoms with Crippen LogP contribution in [0.2, 0.25) is 5.15 Å². The topological polar surface area (TPSA) is 45.9 Å². The van der Waals surface area contributed by atoms with Crippen LogP contribution in [0.3, 0.4) is 0 Å². The van der Waals surface area contributed by atoms with Crippen molar-refractivity contribution in [3.63, 3.8) is 0 Å². The summed E-state index contributed by atoms with van der Waals surface area (Å²) in [4.78, 5) is 3.83. The van der Waals surface area contributed by atoms with Gasteiger partial charge in [0.25, 0.3) is 0 Å². The van der Waals surface area contributed by atoms with Gasteiger partial charge in [-0.15, -0.1) is 0 Å². The van der Waals surface area contributed by atoms with E-state index in [0.717, 1.165) is 0 Å². The third kappa shape index (κ3) is 2.60. The second-order valence-corrected chi connectivity index (χ2v) is 2.79. The Morgan fingerprint density at radius 1 is 1.77 bits per heavy atom. The van der Waals surface area contributed by atoms with Gasteiger partial charge < -0.3 is 4.74 Å². The number of hydrogen-bond donors (Lipinski definition) is 0. The second-order valence-electron chi connectivity index (χ2n) is 2.44. The molecule has 0 saturated carbocycles. The minimum absolute atomic E-state index is 0.288. The summed E-state index contributed by atoms with van der Waals surface area (Å²) in [5.41, 5.74) is 0. The molecule has 0 aliphatic heterocycles. The van der Waals surface area contributed by atoms with Gasteiger partial charge in [-0.05, 0) is 18.6 Å². The Hall–Kier alpha value is -1.27. The Labute approximate surface area is 81.9 Å². The van der Waals surface area contributed by atoms with Crippen LogP contribution in [-0.4, -0.2) is 11.1 Å². The minimum Gasteiger partial charge on any atom is -0.472 e. The smallest absolute Gasteiger partial charge is 0.184 e. The van der Waals surface area contributed by atoms with E-state index in [2.05, 4.69) is 4.98 Å². The van der Waals surface area contributed by atoms with Gasteiger partial charge in [0.2, 0.25) is 0 Å². The van der Waals surface area contributed by atoms with Crippen LogP contribution >= 0.6 is 11.6 Å². The second kappa shape index (κ2) is 4.68. The summed E-state index contributed by atoms with van der Waals surface area (Å²) in [5.74, 6) is 0.456. The molecule has 0 bridgehead atoms. The lowest BCUT2D eigenvalue weighted by molar-refractivity contribution is 0.251. The van der Waals surface area contributed by atoms with E-state index < -0.39 is 6.10 Å². The van der Waals surface area contributed by atoms with Gasteiger partial charge >= 0.3 is 0 Å². The van der Waals surface area contributed by atoms with E-state index in [1.54, 1.807) is 18.3 Å². The highest BCUT2D eigenvalue weighted by Gasteiger charge is 2.08. The van der Waals surface area contributed by atoms with E-state index >= 15 is 0 Å². The van der Waals surface area contributed by atoms with Crippen molar-refractivity contribution in [2.75, 3.05) is 0 Å². The molecule has 0 fully saturated rings. The van der Waals surface area contributed by atoms with E-state index in [1.165, 1.54) is 0 Å². The van der Waals surface area contributed by atoms with E-state index in [9.17, 15) is 0 Å². The first-order chi connectivity index (χ1) is 6.27. The third-order valence-corrected chi connectivity index (χ3v) is 1.79. The van der Waals surface area contributed by atoms with Crippen LogP contribution < -0.4 is 4.74 Å². The number of aromatic nitrogens is 1. The standard InChI is InChI=1S/C9H9ClN2O/c1-2-7(6-11)13-8-4-3-5-12-9(8)10/h3-5,7H,2H2,1H3. The van der Waals surface area contributed by atoms with Crippen LogP contribution in [0.25, 0.3) is 0 Å². The quantitative estimate of drug-likeness (QED) is 0.698. The maximum absolute atomic E-state index is 8.64. The Morgan fingerprint density at radius 3 is 3.08 bits per heavy atom. The van der Waals surface area contributed by atoms with Crippen LogP contribution in [-0.2, 0) is 0 Å². The Morgan fingerprint density at radius 2 is 2.54 bits per heavy atom. The van der Waals surface area contributed by atoms with Gasteiger partial charge in [-0.25, -0.2) is 4.98 Å². The van der Waals surface area contributed by atoms with Gasteiger partial charge in [-0.1, -0.05) is 18.5 Å². The molecule has 0 aromatic carbocycles. The molecule has 1 rings (SSSR count). The SMILES string of the molecule is CCC(C#N)Oc1cccnc1Cl. The van der Waals surface area contributed by atoms with E-state index in [1.807, 2.05) is 13.0 Å². The summed E-state index contributed by atoms with van der Waals surface area (Å²) in [6.07, 6.45) is 1.74. The first kappa shape index (κ1) is 9.82. The van der Waals surface area contributed by atoms with Crippen molar-refractivity contribution in [3.05, 3.63) is 23.5 Å². The molecular weight excluding hydrogens is 188 g/mol. The first-order valence-corrected chi connectivity index (χ1v) is 4.32. The largest absolute Gasteiger partial charge is 0.472 e. The summed E-state index contributed by atoms with van der Waals surface area (Å²) in [6.45, 7) is 1.87. The number of nitriles is 1. The molecule has 0 aliphatic rings. The lowest BCUT2D eigenvalue weighted by Gasteiger charge is -2.10. The molecule has 1 heterocycles. The molecule has 0 amide bonds. The van der Waals surface area contributed by atoms with Crippen molar-refractivity contribution in [2.24, 2.45) is 0 Å². The lowest BCUT2D eigenvalue weighted by atomic mass is 10.3. The van der Waals surface area contributed by atoms with Crippen LogP contribution in [0.5, 0.6) is 5.75 Å². The number of rotatable bonds is 3. The highest BCUT2D eigenvalue weighted by atomic mass is 35.5. The van der Waals surface area contributed by atoms with Crippen molar-refractivity contribution in [1.29, 1.82) is 5.26 Å². The Bertz CT molecular complexity index is 322. The zero-order valence-corrected chi connectivity index (χ0v) is 7.95. The molecule has 68 valence electrons.